The number of hydrogen-bond acceptors (Lipinski definition) is 4. The number of nitrogens with one attached hydrogen (secondary N) is 2. The molecule has 1 aliphatic heterocycles. The third kappa shape index (κ3) is 7.91. The molecule has 1 heterocycles. The molecule has 210 valence electrons. The molecule has 0 saturated carbocycles. The monoisotopic (exact) mass is 577 g/mol. The summed E-state index contributed by atoms with van der Waals surface area (Å²) in [5.74, 6) is -1.29. The zero-order chi connectivity index (χ0) is 28.3. The fourth-order valence-electron chi connectivity index (χ4n) is 4.59. The minimum absolute atomic E-state index is 0.141. The molecule has 1 atom stereocenters. The molecule has 2 N–H and O–H groups in total. The fourth-order valence-corrected chi connectivity index (χ4v) is 5.55. The van der Waals surface area contributed by atoms with Crippen molar-refractivity contribution < 1.29 is 30.8 Å². The SMILES string of the molecule is Cc1cc(C(C)(CCN2CCC(NS(C)(=O)=O)CC2)C(=O)NCc2cc(C(F)(F)F)ccc2F)ccc1Cl. The maximum absolute atomic E-state index is 14.3. The van der Waals surface area contributed by atoms with Gasteiger partial charge in [-0.3, -0.25) is 4.79 Å². The number of likely N-dealkylation sites (tertiary alicyclic amines) is 1. The third-order valence-electron chi connectivity index (χ3n) is 7.01. The molecule has 12 heteroatoms. The van der Waals surface area contributed by atoms with Crippen LogP contribution in [0.3, 0.4) is 0 Å². The Bertz CT molecular complexity index is 1260. The standard InChI is InChI=1S/C26H32ClF4N3O3S/c1-17-14-19(4-6-22(17)27)25(2,10-13-34-11-8-21(9-12-34)33-38(3,36)37)24(35)32-16-18-15-20(26(29,30)31)5-7-23(18)28/h4-7,14-15,21,33H,8-13,16H2,1-3H3,(H,32,35). The van der Waals surface area contributed by atoms with Crippen LogP contribution < -0.4 is 10.0 Å². The summed E-state index contributed by atoms with van der Waals surface area (Å²) in [4.78, 5) is 15.7. The molecule has 2 aromatic carbocycles. The van der Waals surface area contributed by atoms with Crippen LogP contribution in [0.4, 0.5) is 17.6 Å². The Labute approximate surface area is 225 Å². The lowest BCUT2D eigenvalue weighted by Gasteiger charge is -2.35. The van der Waals surface area contributed by atoms with Crippen LogP contribution >= 0.6 is 11.6 Å². The van der Waals surface area contributed by atoms with Gasteiger partial charge in [-0.1, -0.05) is 23.7 Å². The Balaban J connectivity index is 1.76. The van der Waals surface area contributed by atoms with E-state index in [1.165, 1.54) is 0 Å². The smallest absolute Gasteiger partial charge is 0.351 e. The topological polar surface area (TPSA) is 78.5 Å². The van der Waals surface area contributed by atoms with E-state index in [0.29, 0.717) is 61.6 Å². The minimum Gasteiger partial charge on any atom is -0.351 e. The van der Waals surface area contributed by atoms with E-state index in [9.17, 15) is 30.8 Å². The second-order valence-electron chi connectivity index (χ2n) is 10.0. The van der Waals surface area contributed by atoms with Crippen molar-refractivity contribution in [2.75, 3.05) is 25.9 Å². The highest BCUT2D eigenvalue weighted by molar-refractivity contribution is 7.88. The van der Waals surface area contributed by atoms with Gasteiger partial charge in [-0.15, -0.1) is 0 Å². The van der Waals surface area contributed by atoms with E-state index in [1.54, 1.807) is 25.1 Å². The van der Waals surface area contributed by atoms with Gasteiger partial charge in [0.25, 0.3) is 0 Å². The lowest BCUT2D eigenvalue weighted by Crippen LogP contribution is -2.47. The Morgan fingerprint density at radius 1 is 1.11 bits per heavy atom. The van der Waals surface area contributed by atoms with Crippen LogP contribution in [0.15, 0.2) is 36.4 Å². The molecule has 1 fully saturated rings. The first kappa shape index (κ1) is 30.3. The Morgan fingerprint density at radius 2 is 1.74 bits per heavy atom. The number of carbonyl (C=O) groups excluding carboxylic acids is 1. The highest BCUT2D eigenvalue weighted by Gasteiger charge is 2.37. The lowest BCUT2D eigenvalue weighted by molar-refractivity contribution is -0.137. The summed E-state index contributed by atoms with van der Waals surface area (Å²) in [7, 11) is -3.30. The van der Waals surface area contributed by atoms with Gasteiger partial charge in [0, 0.05) is 23.2 Å². The highest BCUT2D eigenvalue weighted by atomic mass is 35.5. The zero-order valence-electron chi connectivity index (χ0n) is 21.5. The summed E-state index contributed by atoms with van der Waals surface area (Å²) >= 11 is 6.19. The van der Waals surface area contributed by atoms with Crippen molar-refractivity contribution in [1.82, 2.24) is 14.9 Å². The Morgan fingerprint density at radius 3 is 2.32 bits per heavy atom. The van der Waals surface area contributed by atoms with Gasteiger partial charge in [0.15, 0.2) is 0 Å². The van der Waals surface area contributed by atoms with Gasteiger partial charge < -0.3 is 10.2 Å². The summed E-state index contributed by atoms with van der Waals surface area (Å²) in [6, 6.07) is 7.19. The predicted molar refractivity (Wildman–Crippen MR) is 139 cm³/mol. The number of piperidine rings is 1. The number of amides is 1. The average Bonchev–Trinajstić information content (AvgIpc) is 2.82. The van der Waals surface area contributed by atoms with Gasteiger partial charge in [-0.25, -0.2) is 17.5 Å². The van der Waals surface area contributed by atoms with Crippen molar-refractivity contribution in [2.45, 2.75) is 57.3 Å². The third-order valence-corrected chi connectivity index (χ3v) is 8.19. The lowest BCUT2D eigenvalue weighted by atomic mass is 9.77. The van der Waals surface area contributed by atoms with Gasteiger partial charge in [0.1, 0.15) is 5.82 Å². The summed E-state index contributed by atoms with van der Waals surface area (Å²) < 4.78 is 79.2. The van der Waals surface area contributed by atoms with Crippen molar-refractivity contribution in [3.63, 3.8) is 0 Å². The zero-order valence-corrected chi connectivity index (χ0v) is 23.0. The molecule has 0 spiro atoms. The van der Waals surface area contributed by atoms with E-state index in [2.05, 4.69) is 14.9 Å². The molecule has 1 unspecified atom stereocenters. The number of alkyl halides is 3. The predicted octanol–water partition coefficient (Wildman–Crippen LogP) is 4.78. The molecule has 1 amide bonds. The van der Waals surface area contributed by atoms with E-state index in [4.69, 9.17) is 11.6 Å². The van der Waals surface area contributed by atoms with Crippen molar-refractivity contribution >= 4 is 27.5 Å². The van der Waals surface area contributed by atoms with Gasteiger partial charge in [0.2, 0.25) is 15.9 Å². The number of nitrogens with zero attached hydrogens (tertiary/aromatic N) is 1. The van der Waals surface area contributed by atoms with Gasteiger partial charge in [0.05, 0.1) is 17.2 Å². The number of halogens is 5. The highest BCUT2D eigenvalue weighted by Crippen LogP contribution is 2.33. The molecule has 0 radical (unpaired) electrons. The Hall–Kier alpha value is -2.21. The second-order valence-corrected chi connectivity index (χ2v) is 12.2. The van der Waals surface area contributed by atoms with Crippen LogP contribution in [0.2, 0.25) is 5.02 Å². The van der Waals surface area contributed by atoms with Crippen molar-refractivity contribution in [2.24, 2.45) is 0 Å². The van der Waals surface area contributed by atoms with Crippen molar-refractivity contribution in [1.29, 1.82) is 0 Å². The maximum Gasteiger partial charge on any atom is 0.416 e. The largest absolute Gasteiger partial charge is 0.416 e. The van der Waals surface area contributed by atoms with Crippen LogP contribution in [0.1, 0.15) is 48.4 Å². The summed E-state index contributed by atoms with van der Waals surface area (Å²) in [5.41, 5.74) is -0.902. The van der Waals surface area contributed by atoms with Gasteiger partial charge in [-0.05, 0) is 88.1 Å². The molecule has 3 rings (SSSR count). The van der Waals surface area contributed by atoms with E-state index >= 15 is 0 Å². The van der Waals surface area contributed by atoms with Crippen LogP contribution in [0, 0.1) is 12.7 Å². The first-order chi connectivity index (χ1) is 17.6. The number of aryl methyl sites for hydroxylation is 1. The van der Waals surface area contributed by atoms with E-state index in [1.807, 2.05) is 6.92 Å². The van der Waals surface area contributed by atoms with Crippen molar-refractivity contribution in [3.05, 3.63) is 69.5 Å². The van der Waals surface area contributed by atoms with Crippen molar-refractivity contribution in [3.8, 4) is 0 Å². The van der Waals surface area contributed by atoms with Gasteiger partial charge >= 0.3 is 6.18 Å². The molecule has 0 aromatic heterocycles. The van der Waals surface area contributed by atoms with Crippen LogP contribution in [0.5, 0.6) is 0 Å². The maximum atomic E-state index is 14.3. The van der Waals surface area contributed by atoms with Crippen LogP contribution in [-0.2, 0) is 33.0 Å². The number of carbonyl (C=O) groups is 1. The summed E-state index contributed by atoms with van der Waals surface area (Å²) in [6.07, 6.45) is -1.88. The van der Waals surface area contributed by atoms with Crippen LogP contribution in [-0.4, -0.2) is 51.2 Å². The quantitative estimate of drug-likeness (QED) is 0.420. The first-order valence-corrected chi connectivity index (χ1v) is 14.5. The molecule has 38 heavy (non-hydrogen) atoms. The number of rotatable bonds is 9. The Kier molecular flexibility index (Phi) is 9.49. The fraction of sp³-hybridized carbons (Fsp3) is 0.500. The molecular formula is C26H32ClF4N3O3S. The van der Waals surface area contributed by atoms with Crippen LogP contribution in [0.25, 0.3) is 0 Å². The second kappa shape index (κ2) is 11.9. The minimum atomic E-state index is -4.63. The molecule has 1 aliphatic rings. The van der Waals surface area contributed by atoms with E-state index in [0.717, 1.165) is 17.9 Å². The number of hydrogen-bond donors (Lipinski definition) is 2. The van der Waals surface area contributed by atoms with E-state index < -0.39 is 45.4 Å². The molecule has 0 bridgehead atoms. The molecule has 0 aliphatic carbocycles. The molecule has 1 saturated heterocycles. The number of benzene rings is 2. The summed E-state index contributed by atoms with van der Waals surface area (Å²) in [6.45, 7) is 4.95. The molecule has 2 aromatic rings. The average molecular weight is 578 g/mol. The molecular weight excluding hydrogens is 546 g/mol. The molecule has 6 nitrogen and oxygen atoms in total. The summed E-state index contributed by atoms with van der Waals surface area (Å²) in [5, 5.41) is 3.17. The normalized spacial score (nSPS) is 17.3. The van der Waals surface area contributed by atoms with E-state index in [-0.39, 0.29) is 11.6 Å². The first-order valence-electron chi connectivity index (χ1n) is 12.2. The number of sulfonamides is 1. The van der Waals surface area contributed by atoms with Gasteiger partial charge in [-0.2, -0.15) is 13.2 Å².